The molecule has 1 saturated heterocycles. The molecule has 0 spiro atoms. The summed E-state index contributed by atoms with van der Waals surface area (Å²) in [6.07, 6.45) is 3.77. The van der Waals surface area contributed by atoms with Crippen LogP contribution in [0.15, 0.2) is 29.6 Å². The second kappa shape index (κ2) is 5.85. The molecule has 1 atom stereocenters. The number of aryl methyl sites for hydroxylation is 1. The lowest BCUT2D eigenvalue weighted by molar-refractivity contribution is 0.376. The molecule has 1 N–H and O–H groups in total. The van der Waals surface area contributed by atoms with Gasteiger partial charge in [0.25, 0.3) is 0 Å². The summed E-state index contributed by atoms with van der Waals surface area (Å²) in [5.41, 5.74) is 3.66. The van der Waals surface area contributed by atoms with Gasteiger partial charge < -0.3 is 5.32 Å². The van der Waals surface area contributed by atoms with Crippen LogP contribution in [0.25, 0.3) is 11.3 Å². The lowest BCUT2D eigenvalue weighted by atomic mass is 9.97. The van der Waals surface area contributed by atoms with Crippen LogP contribution >= 0.6 is 11.3 Å². The Balaban J connectivity index is 1.70. The van der Waals surface area contributed by atoms with Crippen molar-refractivity contribution in [1.82, 2.24) is 10.3 Å². The molecule has 1 aliphatic rings. The van der Waals surface area contributed by atoms with Gasteiger partial charge in [-0.2, -0.15) is 0 Å². The van der Waals surface area contributed by atoms with Gasteiger partial charge in [0, 0.05) is 17.4 Å². The second-order valence-corrected chi connectivity index (χ2v) is 6.35. The first-order chi connectivity index (χ1) is 9.31. The van der Waals surface area contributed by atoms with Crippen molar-refractivity contribution in [3.05, 3.63) is 40.2 Å². The lowest BCUT2D eigenvalue weighted by Crippen LogP contribution is -2.30. The summed E-state index contributed by atoms with van der Waals surface area (Å²) in [5.74, 6) is 0.769. The highest BCUT2D eigenvalue weighted by molar-refractivity contribution is 7.09. The molecule has 0 bridgehead atoms. The minimum atomic E-state index is 0.769. The van der Waals surface area contributed by atoms with Gasteiger partial charge in [0.1, 0.15) is 0 Å². The first-order valence-electron chi connectivity index (χ1n) is 7.03. The maximum absolute atomic E-state index is 4.80. The number of nitrogens with one attached hydrogen (secondary N) is 1. The van der Waals surface area contributed by atoms with E-state index in [0.717, 1.165) is 24.6 Å². The average molecular weight is 272 g/mol. The standard InChI is InChI=1S/C16H20N2S/c1-12-4-6-14(7-5-12)15-11-19-16(18-15)9-13-3-2-8-17-10-13/h4-7,11,13,17H,2-3,8-10H2,1H3. The number of piperidine rings is 1. The lowest BCUT2D eigenvalue weighted by Gasteiger charge is -2.21. The molecule has 3 heteroatoms. The molecule has 0 amide bonds. The first kappa shape index (κ1) is 12.8. The van der Waals surface area contributed by atoms with Crippen LogP contribution in [0.5, 0.6) is 0 Å². The van der Waals surface area contributed by atoms with E-state index in [4.69, 9.17) is 4.98 Å². The Kier molecular flexibility index (Phi) is 3.95. The average Bonchev–Trinajstić information content (AvgIpc) is 2.89. The summed E-state index contributed by atoms with van der Waals surface area (Å²) in [7, 11) is 0. The zero-order chi connectivity index (χ0) is 13.1. The molecule has 1 fully saturated rings. The van der Waals surface area contributed by atoms with E-state index in [9.17, 15) is 0 Å². The van der Waals surface area contributed by atoms with Crippen molar-refractivity contribution >= 4 is 11.3 Å². The summed E-state index contributed by atoms with van der Waals surface area (Å²) in [6, 6.07) is 8.63. The van der Waals surface area contributed by atoms with E-state index in [1.165, 1.54) is 35.5 Å². The molecule has 0 aliphatic carbocycles. The predicted molar refractivity (Wildman–Crippen MR) is 81.6 cm³/mol. The number of thiazole rings is 1. The van der Waals surface area contributed by atoms with Gasteiger partial charge in [0.2, 0.25) is 0 Å². The topological polar surface area (TPSA) is 24.9 Å². The van der Waals surface area contributed by atoms with E-state index >= 15 is 0 Å². The number of benzene rings is 1. The van der Waals surface area contributed by atoms with Crippen molar-refractivity contribution in [3.63, 3.8) is 0 Å². The first-order valence-corrected chi connectivity index (χ1v) is 7.91. The fraction of sp³-hybridized carbons (Fsp3) is 0.438. The third-order valence-electron chi connectivity index (χ3n) is 3.76. The van der Waals surface area contributed by atoms with Crippen LogP contribution in [-0.4, -0.2) is 18.1 Å². The summed E-state index contributed by atoms with van der Waals surface area (Å²) >= 11 is 1.80. The van der Waals surface area contributed by atoms with Gasteiger partial charge in [0.15, 0.2) is 0 Å². The van der Waals surface area contributed by atoms with Gasteiger partial charge >= 0.3 is 0 Å². The van der Waals surface area contributed by atoms with E-state index in [1.807, 2.05) is 0 Å². The smallest absolute Gasteiger partial charge is 0.0935 e. The molecular weight excluding hydrogens is 252 g/mol. The van der Waals surface area contributed by atoms with Crippen molar-refractivity contribution < 1.29 is 0 Å². The van der Waals surface area contributed by atoms with Crippen LogP contribution in [0, 0.1) is 12.8 Å². The Labute approximate surface area is 118 Å². The van der Waals surface area contributed by atoms with E-state index in [2.05, 4.69) is 41.9 Å². The molecule has 0 saturated carbocycles. The van der Waals surface area contributed by atoms with Crippen LogP contribution in [0.3, 0.4) is 0 Å². The fourth-order valence-electron chi connectivity index (χ4n) is 2.61. The molecule has 1 aromatic carbocycles. The van der Waals surface area contributed by atoms with Crippen LogP contribution in [0.2, 0.25) is 0 Å². The second-order valence-electron chi connectivity index (χ2n) is 5.41. The van der Waals surface area contributed by atoms with Crippen LogP contribution < -0.4 is 5.32 Å². The zero-order valence-corrected chi connectivity index (χ0v) is 12.2. The van der Waals surface area contributed by atoms with Crippen molar-refractivity contribution in [2.45, 2.75) is 26.2 Å². The molecule has 1 unspecified atom stereocenters. The minimum Gasteiger partial charge on any atom is -0.316 e. The number of hydrogen-bond donors (Lipinski definition) is 1. The molecule has 1 aliphatic heterocycles. The molecule has 2 heterocycles. The van der Waals surface area contributed by atoms with Gasteiger partial charge in [-0.25, -0.2) is 4.98 Å². The molecule has 19 heavy (non-hydrogen) atoms. The van der Waals surface area contributed by atoms with Gasteiger partial charge in [-0.15, -0.1) is 11.3 Å². The number of hydrogen-bond acceptors (Lipinski definition) is 3. The quantitative estimate of drug-likeness (QED) is 0.922. The van der Waals surface area contributed by atoms with E-state index < -0.39 is 0 Å². The Morgan fingerprint density at radius 3 is 2.89 bits per heavy atom. The summed E-state index contributed by atoms with van der Waals surface area (Å²) in [6.45, 7) is 4.45. The van der Waals surface area contributed by atoms with Crippen molar-refractivity contribution in [3.8, 4) is 11.3 Å². The Morgan fingerprint density at radius 1 is 1.32 bits per heavy atom. The van der Waals surface area contributed by atoms with Gasteiger partial charge in [-0.05, 0) is 38.8 Å². The SMILES string of the molecule is Cc1ccc(-c2csc(CC3CCCNC3)n2)cc1. The van der Waals surface area contributed by atoms with Gasteiger partial charge in [0.05, 0.1) is 10.7 Å². The van der Waals surface area contributed by atoms with Gasteiger partial charge in [-0.3, -0.25) is 0 Å². The Hall–Kier alpha value is -1.19. The monoisotopic (exact) mass is 272 g/mol. The van der Waals surface area contributed by atoms with Crippen LogP contribution in [0.1, 0.15) is 23.4 Å². The Morgan fingerprint density at radius 2 is 2.16 bits per heavy atom. The van der Waals surface area contributed by atoms with Gasteiger partial charge in [-0.1, -0.05) is 29.8 Å². The summed E-state index contributed by atoms with van der Waals surface area (Å²) in [5, 5.41) is 6.95. The van der Waals surface area contributed by atoms with E-state index in [0.29, 0.717) is 0 Å². The molecule has 1 aromatic heterocycles. The maximum Gasteiger partial charge on any atom is 0.0935 e. The highest BCUT2D eigenvalue weighted by Crippen LogP contribution is 2.25. The number of aromatic nitrogens is 1. The normalized spacial score (nSPS) is 19.5. The van der Waals surface area contributed by atoms with Crippen molar-refractivity contribution in [2.24, 2.45) is 5.92 Å². The molecule has 0 radical (unpaired) electrons. The highest BCUT2D eigenvalue weighted by Gasteiger charge is 2.15. The van der Waals surface area contributed by atoms with Crippen molar-refractivity contribution in [2.75, 3.05) is 13.1 Å². The van der Waals surface area contributed by atoms with Crippen LogP contribution in [0.4, 0.5) is 0 Å². The fourth-order valence-corrected chi connectivity index (χ4v) is 3.53. The molecule has 100 valence electrons. The number of nitrogens with zero attached hydrogens (tertiary/aromatic N) is 1. The summed E-state index contributed by atoms with van der Waals surface area (Å²) in [4.78, 5) is 4.80. The number of rotatable bonds is 3. The van der Waals surface area contributed by atoms with E-state index in [-0.39, 0.29) is 0 Å². The highest BCUT2D eigenvalue weighted by atomic mass is 32.1. The van der Waals surface area contributed by atoms with E-state index in [1.54, 1.807) is 11.3 Å². The third kappa shape index (κ3) is 3.23. The third-order valence-corrected chi connectivity index (χ3v) is 4.63. The molecule has 2 nitrogen and oxygen atoms in total. The van der Waals surface area contributed by atoms with Crippen LogP contribution in [-0.2, 0) is 6.42 Å². The van der Waals surface area contributed by atoms with Crippen molar-refractivity contribution in [1.29, 1.82) is 0 Å². The maximum atomic E-state index is 4.80. The molecular formula is C16H20N2S. The minimum absolute atomic E-state index is 0.769. The molecule has 3 rings (SSSR count). The largest absolute Gasteiger partial charge is 0.316 e. The zero-order valence-electron chi connectivity index (χ0n) is 11.4. The molecule has 2 aromatic rings. The summed E-state index contributed by atoms with van der Waals surface area (Å²) < 4.78 is 0. The Bertz CT molecular complexity index is 524. The predicted octanol–water partition coefficient (Wildman–Crippen LogP) is 3.66.